The van der Waals surface area contributed by atoms with Crippen molar-refractivity contribution in [3.8, 4) is 22.3 Å². The SMILES string of the molecule is C1=C(C2=C(c3ccccc3)N=C(c3ccccc3)C(c3ccccc3)N2)CCC(c2cccc(-c3cccc4c3-c3cc5c(cc3C43CCCCC3)C3CCCC=C3C53CCCCC3)c2)=C1. The fourth-order valence-electron chi connectivity index (χ4n) is 14.1. The van der Waals surface area contributed by atoms with Crippen LogP contribution < -0.4 is 5.32 Å². The molecule has 326 valence electrons. The zero-order valence-corrected chi connectivity index (χ0v) is 38.3. The Bertz CT molecular complexity index is 3020. The summed E-state index contributed by atoms with van der Waals surface area (Å²) >= 11 is 0. The zero-order valence-electron chi connectivity index (χ0n) is 38.3. The molecule has 1 heterocycles. The van der Waals surface area contributed by atoms with Crippen molar-refractivity contribution in [2.45, 2.75) is 119 Å². The van der Waals surface area contributed by atoms with Gasteiger partial charge in [-0.15, -0.1) is 0 Å². The number of rotatable bonds is 6. The lowest BCUT2D eigenvalue weighted by atomic mass is 9.65. The monoisotopic (exact) mass is 856 g/mol. The third-order valence-electron chi connectivity index (χ3n) is 17.1. The molecule has 6 aliphatic carbocycles. The van der Waals surface area contributed by atoms with E-state index in [1.165, 1.54) is 122 Å². The molecule has 2 saturated carbocycles. The Labute approximate surface area is 392 Å². The number of fused-ring (bicyclic) bond motifs is 10. The van der Waals surface area contributed by atoms with Crippen molar-refractivity contribution in [3.05, 3.63) is 225 Å². The van der Waals surface area contributed by atoms with Crippen LogP contribution in [-0.2, 0) is 10.8 Å². The smallest absolute Gasteiger partial charge is 0.0947 e. The predicted octanol–water partition coefficient (Wildman–Crippen LogP) is 16.3. The Morgan fingerprint density at radius 1 is 0.500 bits per heavy atom. The molecular weight excluding hydrogens is 797 g/mol. The van der Waals surface area contributed by atoms with Gasteiger partial charge in [-0.2, -0.15) is 0 Å². The van der Waals surface area contributed by atoms with Gasteiger partial charge >= 0.3 is 0 Å². The molecule has 2 spiro atoms. The third-order valence-corrected chi connectivity index (χ3v) is 17.1. The molecule has 6 aromatic carbocycles. The molecule has 2 atom stereocenters. The van der Waals surface area contributed by atoms with E-state index >= 15 is 0 Å². The van der Waals surface area contributed by atoms with Gasteiger partial charge in [0.25, 0.3) is 0 Å². The van der Waals surface area contributed by atoms with Gasteiger partial charge in [0, 0.05) is 22.3 Å². The average Bonchev–Trinajstić information content (AvgIpc) is 3.81. The maximum atomic E-state index is 5.57. The van der Waals surface area contributed by atoms with Crippen LogP contribution in [0, 0.1) is 0 Å². The Morgan fingerprint density at radius 3 is 1.89 bits per heavy atom. The van der Waals surface area contributed by atoms with Crippen LogP contribution in [0.2, 0.25) is 0 Å². The Morgan fingerprint density at radius 2 is 1.15 bits per heavy atom. The van der Waals surface area contributed by atoms with E-state index in [1.54, 1.807) is 27.8 Å². The van der Waals surface area contributed by atoms with Crippen molar-refractivity contribution < 1.29 is 0 Å². The quantitative estimate of drug-likeness (QED) is 0.166. The fraction of sp³-hybridized carbons (Fsp3) is 0.297. The van der Waals surface area contributed by atoms with Gasteiger partial charge in [0.05, 0.1) is 23.1 Å². The molecule has 0 radical (unpaired) electrons. The van der Waals surface area contributed by atoms with Crippen LogP contribution in [0.5, 0.6) is 0 Å². The summed E-state index contributed by atoms with van der Waals surface area (Å²) in [5.41, 5.74) is 25.5. The minimum atomic E-state index is -0.0695. The second kappa shape index (κ2) is 16.3. The van der Waals surface area contributed by atoms with Gasteiger partial charge in [-0.05, 0) is 142 Å². The average molecular weight is 857 g/mol. The van der Waals surface area contributed by atoms with Gasteiger partial charge in [-0.1, -0.05) is 196 Å². The van der Waals surface area contributed by atoms with Crippen LogP contribution in [0.3, 0.4) is 0 Å². The van der Waals surface area contributed by atoms with Crippen LogP contribution in [0.15, 0.2) is 186 Å². The molecule has 0 saturated heterocycles. The molecule has 0 aromatic heterocycles. The first-order chi connectivity index (χ1) is 32.7. The topological polar surface area (TPSA) is 24.4 Å². The first-order valence-electron chi connectivity index (χ1n) is 25.5. The molecule has 6 aromatic rings. The first-order valence-corrected chi connectivity index (χ1v) is 25.5. The molecule has 2 nitrogen and oxygen atoms in total. The van der Waals surface area contributed by atoms with E-state index in [9.17, 15) is 0 Å². The Balaban J connectivity index is 0.904. The maximum absolute atomic E-state index is 5.57. The minimum Gasteiger partial charge on any atom is -0.371 e. The number of allylic oxidation sites excluding steroid dienone is 6. The Hall–Kier alpha value is -6.25. The summed E-state index contributed by atoms with van der Waals surface area (Å²) in [6, 6.07) is 54.7. The summed E-state index contributed by atoms with van der Waals surface area (Å²) in [5.74, 6) is 0.635. The standard InChI is InChI=1S/C64H60N2/c1-6-20-44(21-7-1)59-60(45-22-8-2-9-23-45)66-62(61(65-59)46-24-10-3-11-25-46)47-34-32-43(33-35-47)48-26-18-27-49(40-48)50-29-19-31-55-58(50)53-42-56-52(41-57(53)64(55)38-16-5-17-39-64)51-28-12-13-30-54(51)63(56)36-14-4-15-37-63/h1-3,6-11,18-27,29-32,34,40-42,51,60,66H,4-5,12-17,28,33,35-39H2. The lowest BCUT2D eigenvalue weighted by Gasteiger charge is -2.38. The highest BCUT2D eigenvalue weighted by Gasteiger charge is 2.52. The van der Waals surface area contributed by atoms with Gasteiger partial charge in [0.15, 0.2) is 0 Å². The largest absolute Gasteiger partial charge is 0.371 e. The Kier molecular flexibility index (Phi) is 9.87. The second-order valence-electron chi connectivity index (χ2n) is 20.5. The molecule has 7 aliphatic rings. The van der Waals surface area contributed by atoms with Crippen LogP contribution >= 0.6 is 0 Å². The third kappa shape index (κ3) is 6.38. The molecule has 2 fully saturated rings. The van der Waals surface area contributed by atoms with Crippen molar-refractivity contribution >= 4 is 17.0 Å². The summed E-state index contributed by atoms with van der Waals surface area (Å²) < 4.78 is 0. The van der Waals surface area contributed by atoms with E-state index in [4.69, 9.17) is 4.99 Å². The first kappa shape index (κ1) is 40.1. The molecule has 13 rings (SSSR count). The van der Waals surface area contributed by atoms with Crippen LogP contribution in [0.25, 0.3) is 33.5 Å². The van der Waals surface area contributed by atoms with E-state index in [-0.39, 0.29) is 16.9 Å². The molecule has 66 heavy (non-hydrogen) atoms. The lowest BCUT2D eigenvalue weighted by Crippen LogP contribution is -2.33. The van der Waals surface area contributed by atoms with Gasteiger partial charge in [0.2, 0.25) is 0 Å². The zero-order chi connectivity index (χ0) is 43.7. The summed E-state index contributed by atoms with van der Waals surface area (Å²) in [6.07, 6.45) is 26.7. The molecule has 1 N–H and O–H groups in total. The second-order valence-corrected chi connectivity index (χ2v) is 20.5. The summed E-state index contributed by atoms with van der Waals surface area (Å²) in [6.45, 7) is 0. The van der Waals surface area contributed by atoms with E-state index in [1.807, 2.05) is 5.57 Å². The molecule has 1 aliphatic heterocycles. The highest BCUT2D eigenvalue weighted by molar-refractivity contribution is 6.09. The molecule has 0 amide bonds. The van der Waals surface area contributed by atoms with E-state index < -0.39 is 0 Å². The van der Waals surface area contributed by atoms with Crippen molar-refractivity contribution in [1.29, 1.82) is 0 Å². The van der Waals surface area contributed by atoms with Gasteiger partial charge < -0.3 is 5.32 Å². The number of nitrogens with zero attached hydrogens (tertiary/aromatic N) is 1. The molecule has 2 unspecified atom stereocenters. The van der Waals surface area contributed by atoms with Crippen molar-refractivity contribution in [3.63, 3.8) is 0 Å². The maximum Gasteiger partial charge on any atom is 0.0947 e. The number of hydrogen-bond acceptors (Lipinski definition) is 2. The number of aliphatic imine (C=N–C) groups is 1. The molecular formula is C64H60N2. The van der Waals surface area contributed by atoms with Crippen molar-refractivity contribution in [2.24, 2.45) is 4.99 Å². The van der Waals surface area contributed by atoms with Gasteiger partial charge in [0.1, 0.15) is 0 Å². The van der Waals surface area contributed by atoms with Crippen LogP contribution in [-0.4, -0.2) is 5.71 Å². The highest BCUT2D eigenvalue weighted by atomic mass is 15.0. The summed E-state index contributed by atoms with van der Waals surface area (Å²) in [7, 11) is 0. The normalized spacial score (nSPS) is 22.3. The summed E-state index contributed by atoms with van der Waals surface area (Å²) in [4.78, 5) is 5.57. The summed E-state index contributed by atoms with van der Waals surface area (Å²) in [5, 5.41) is 4.08. The van der Waals surface area contributed by atoms with E-state index in [0.717, 1.165) is 41.1 Å². The highest BCUT2D eigenvalue weighted by Crippen LogP contribution is 2.65. The number of benzene rings is 6. The van der Waals surface area contributed by atoms with Crippen LogP contribution in [0.4, 0.5) is 0 Å². The number of nitrogens with one attached hydrogen (secondary N) is 1. The van der Waals surface area contributed by atoms with E-state index in [0.29, 0.717) is 5.92 Å². The molecule has 0 bridgehead atoms. The molecule has 2 heteroatoms. The van der Waals surface area contributed by atoms with E-state index in [2.05, 4.69) is 169 Å². The van der Waals surface area contributed by atoms with Gasteiger partial charge in [-0.25, -0.2) is 4.99 Å². The fourth-order valence-corrected chi connectivity index (χ4v) is 14.1. The predicted molar refractivity (Wildman–Crippen MR) is 275 cm³/mol. The van der Waals surface area contributed by atoms with Crippen LogP contribution in [0.1, 0.15) is 153 Å². The van der Waals surface area contributed by atoms with Gasteiger partial charge in [-0.3, -0.25) is 0 Å². The van der Waals surface area contributed by atoms with Crippen molar-refractivity contribution in [1.82, 2.24) is 5.32 Å². The number of hydrogen-bond donors (Lipinski definition) is 1. The lowest BCUT2D eigenvalue weighted by molar-refractivity contribution is 0.336. The van der Waals surface area contributed by atoms with Crippen molar-refractivity contribution in [2.75, 3.05) is 0 Å². The minimum absolute atomic E-state index is 0.0695.